The van der Waals surface area contributed by atoms with E-state index in [0.29, 0.717) is 5.56 Å². The fraction of sp³-hybridized carbons (Fsp3) is 0.222. The molecule has 0 amide bonds. The Hall–Kier alpha value is -1.14. The number of hydrogen-bond donors (Lipinski definition) is 1. The number of rotatable bonds is 3. The molecule has 74 valence electrons. The molecule has 1 aromatic carbocycles. The monoisotopic (exact) mass is 211 g/mol. The van der Waals surface area contributed by atoms with E-state index in [-0.39, 0.29) is 11.9 Å². The second kappa shape index (κ2) is 4.39. The Balaban J connectivity index is 3.08. The van der Waals surface area contributed by atoms with Gasteiger partial charge in [0.05, 0.1) is 23.5 Å². The molecule has 0 heterocycles. The van der Waals surface area contributed by atoms with E-state index in [0.717, 1.165) is 0 Å². The van der Waals surface area contributed by atoms with Crippen molar-refractivity contribution in [2.45, 2.75) is 6.92 Å². The molecule has 0 fully saturated rings. The number of nitrogens with zero attached hydrogens (tertiary/aromatic N) is 1. The lowest BCUT2D eigenvalue weighted by atomic mass is 10.2. The molecule has 1 aromatic rings. The molecule has 0 saturated heterocycles. The summed E-state index contributed by atoms with van der Waals surface area (Å²) >= 11 is 0. The maximum absolute atomic E-state index is 11.5. The lowest BCUT2D eigenvalue weighted by molar-refractivity contribution is 0.284. The molecule has 0 bridgehead atoms. The molecule has 0 aliphatic heterocycles. The number of nitriles is 1. The molecular formula is C9H10NO3P. The van der Waals surface area contributed by atoms with Crippen molar-refractivity contribution in [3.05, 3.63) is 29.8 Å². The van der Waals surface area contributed by atoms with Crippen molar-refractivity contribution in [3.63, 3.8) is 0 Å². The molecule has 1 N–H and O–H groups in total. The van der Waals surface area contributed by atoms with Crippen LogP contribution in [-0.4, -0.2) is 11.5 Å². The van der Waals surface area contributed by atoms with Gasteiger partial charge in [-0.15, -0.1) is 0 Å². The minimum Gasteiger partial charge on any atom is -0.321 e. The van der Waals surface area contributed by atoms with Gasteiger partial charge in [0, 0.05) is 0 Å². The molecule has 0 aromatic heterocycles. The van der Waals surface area contributed by atoms with Gasteiger partial charge in [0.15, 0.2) is 0 Å². The van der Waals surface area contributed by atoms with Crippen molar-refractivity contribution in [3.8, 4) is 6.07 Å². The van der Waals surface area contributed by atoms with Crippen LogP contribution in [0.3, 0.4) is 0 Å². The molecule has 1 rings (SSSR count). The SMILES string of the molecule is CCOP(=O)(O)c1cccc(C#N)c1. The fourth-order valence-corrected chi connectivity index (χ4v) is 2.08. The van der Waals surface area contributed by atoms with Crippen molar-refractivity contribution >= 4 is 12.9 Å². The van der Waals surface area contributed by atoms with Gasteiger partial charge in [0.2, 0.25) is 0 Å². The highest BCUT2D eigenvalue weighted by atomic mass is 31.2. The summed E-state index contributed by atoms with van der Waals surface area (Å²) in [5, 5.41) is 8.75. The molecule has 0 saturated carbocycles. The van der Waals surface area contributed by atoms with Crippen LogP contribution in [0.15, 0.2) is 24.3 Å². The van der Waals surface area contributed by atoms with Crippen LogP contribution in [0, 0.1) is 11.3 Å². The average molecular weight is 211 g/mol. The van der Waals surface area contributed by atoms with Crippen molar-refractivity contribution in [1.29, 1.82) is 5.26 Å². The van der Waals surface area contributed by atoms with Crippen LogP contribution in [0.5, 0.6) is 0 Å². The molecule has 14 heavy (non-hydrogen) atoms. The number of hydrogen-bond acceptors (Lipinski definition) is 3. The summed E-state index contributed by atoms with van der Waals surface area (Å²) in [6, 6.07) is 7.84. The van der Waals surface area contributed by atoms with E-state index >= 15 is 0 Å². The molecule has 4 nitrogen and oxygen atoms in total. The van der Waals surface area contributed by atoms with E-state index in [1.165, 1.54) is 12.1 Å². The first kappa shape index (κ1) is 10.9. The zero-order valence-electron chi connectivity index (χ0n) is 7.67. The van der Waals surface area contributed by atoms with Crippen LogP contribution in [0.4, 0.5) is 0 Å². The largest absolute Gasteiger partial charge is 0.358 e. The summed E-state index contributed by atoms with van der Waals surface area (Å²) in [4.78, 5) is 9.43. The maximum Gasteiger partial charge on any atom is 0.358 e. The standard InChI is InChI=1S/C9H10NO3P/c1-2-13-14(11,12)9-5-3-4-8(6-9)7-10/h3-6H,2H2,1H3,(H,11,12). The Kier molecular flexibility index (Phi) is 3.43. The van der Waals surface area contributed by atoms with Gasteiger partial charge < -0.3 is 9.42 Å². The maximum atomic E-state index is 11.5. The minimum atomic E-state index is -3.74. The third-order valence-corrected chi connectivity index (χ3v) is 3.14. The highest BCUT2D eigenvalue weighted by molar-refractivity contribution is 7.61. The van der Waals surface area contributed by atoms with Crippen LogP contribution in [0.2, 0.25) is 0 Å². The first-order valence-corrected chi connectivity index (χ1v) is 5.66. The van der Waals surface area contributed by atoms with Gasteiger partial charge in [-0.2, -0.15) is 5.26 Å². The fourth-order valence-electron chi connectivity index (χ4n) is 1.00. The Morgan fingerprint density at radius 2 is 2.36 bits per heavy atom. The van der Waals surface area contributed by atoms with Crippen LogP contribution in [-0.2, 0) is 9.09 Å². The molecule has 0 radical (unpaired) electrons. The third-order valence-electron chi connectivity index (χ3n) is 1.61. The molecule has 5 heteroatoms. The molecule has 0 aliphatic carbocycles. The Bertz CT molecular complexity index is 411. The lowest BCUT2D eigenvalue weighted by Crippen LogP contribution is -2.07. The van der Waals surface area contributed by atoms with E-state index in [9.17, 15) is 9.46 Å². The average Bonchev–Trinajstić information content (AvgIpc) is 2.18. The third kappa shape index (κ3) is 2.43. The normalized spacial score (nSPS) is 14.4. The number of benzene rings is 1. The zero-order chi connectivity index (χ0) is 10.6. The lowest BCUT2D eigenvalue weighted by Gasteiger charge is -2.10. The van der Waals surface area contributed by atoms with Crippen LogP contribution in [0.1, 0.15) is 12.5 Å². The smallest absolute Gasteiger partial charge is 0.321 e. The van der Waals surface area contributed by atoms with Crippen LogP contribution >= 0.6 is 7.60 Å². The Morgan fingerprint density at radius 3 is 2.93 bits per heavy atom. The van der Waals surface area contributed by atoms with Crippen LogP contribution < -0.4 is 5.30 Å². The Morgan fingerprint density at radius 1 is 1.64 bits per heavy atom. The topological polar surface area (TPSA) is 70.3 Å². The van der Waals surface area contributed by atoms with Gasteiger partial charge in [0.25, 0.3) is 0 Å². The van der Waals surface area contributed by atoms with Crippen molar-refractivity contribution < 1.29 is 14.0 Å². The van der Waals surface area contributed by atoms with E-state index < -0.39 is 7.60 Å². The summed E-state index contributed by atoms with van der Waals surface area (Å²) in [6.07, 6.45) is 0. The zero-order valence-corrected chi connectivity index (χ0v) is 8.57. The molecule has 0 aliphatic rings. The highest BCUT2D eigenvalue weighted by Crippen LogP contribution is 2.40. The van der Waals surface area contributed by atoms with E-state index in [4.69, 9.17) is 9.79 Å². The van der Waals surface area contributed by atoms with Gasteiger partial charge in [-0.05, 0) is 25.1 Å². The predicted octanol–water partition coefficient (Wildman–Crippen LogP) is 1.41. The summed E-state index contributed by atoms with van der Waals surface area (Å²) in [7, 11) is -3.74. The summed E-state index contributed by atoms with van der Waals surface area (Å²) in [5.41, 5.74) is 0.344. The Labute approximate surface area is 82.3 Å². The second-order valence-corrected chi connectivity index (χ2v) is 4.42. The molecule has 1 atom stereocenters. The molecule has 0 spiro atoms. The first-order chi connectivity index (χ1) is 6.60. The van der Waals surface area contributed by atoms with Crippen molar-refractivity contribution in [1.82, 2.24) is 0 Å². The first-order valence-electron chi connectivity index (χ1n) is 4.08. The van der Waals surface area contributed by atoms with Gasteiger partial charge in [-0.25, -0.2) is 0 Å². The van der Waals surface area contributed by atoms with E-state index in [1.54, 1.807) is 19.1 Å². The molecular weight excluding hydrogens is 201 g/mol. The minimum absolute atomic E-state index is 0.151. The van der Waals surface area contributed by atoms with Gasteiger partial charge in [-0.3, -0.25) is 4.57 Å². The predicted molar refractivity (Wildman–Crippen MR) is 52.2 cm³/mol. The van der Waals surface area contributed by atoms with Gasteiger partial charge in [-0.1, -0.05) is 6.07 Å². The van der Waals surface area contributed by atoms with E-state index in [2.05, 4.69) is 0 Å². The van der Waals surface area contributed by atoms with Gasteiger partial charge in [0.1, 0.15) is 0 Å². The summed E-state index contributed by atoms with van der Waals surface area (Å²) in [6.45, 7) is 1.79. The van der Waals surface area contributed by atoms with Crippen LogP contribution in [0.25, 0.3) is 0 Å². The highest BCUT2D eigenvalue weighted by Gasteiger charge is 2.21. The molecule has 1 unspecified atom stereocenters. The summed E-state index contributed by atoms with van der Waals surface area (Å²) in [5.74, 6) is 0. The van der Waals surface area contributed by atoms with Gasteiger partial charge >= 0.3 is 7.60 Å². The second-order valence-electron chi connectivity index (χ2n) is 2.60. The quantitative estimate of drug-likeness (QED) is 0.767. The summed E-state index contributed by atoms with van der Waals surface area (Å²) < 4.78 is 16.2. The van der Waals surface area contributed by atoms with E-state index in [1.807, 2.05) is 6.07 Å². The van der Waals surface area contributed by atoms with Crippen molar-refractivity contribution in [2.24, 2.45) is 0 Å². The van der Waals surface area contributed by atoms with Crippen molar-refractivity contribution in [2.75, 3.05) is 6.61 Å².